The number of aryl methyl sites for hydroxylation is 1. The Balaban J connectivity index is 1.24. The molecule has 2 saturated heterocycles. The lowest BCUT2D eigenvalue weighted by Crippen LogP contribution is -2.47. The van der Waals surface area contributed by atoms with Crippen molar-refractivity contribution < 1.29 is 36.2 Å². The van der Waals surface area contributed by atoms with Gasteiger partial charge in [-0.2, -0.15) is 4.98 Å². The Morgan fingerprint density at radius 3 is 2.45 bits per heavy atom. The molecule has 292 valence electrons. The normalized spacial score (nSPS) is 23.6. The van der Waals surface area contributed by atoms with Gasteiger partial charge in [-0.15, -0.1) is 0 Å². The van der Waals surface area contributed by atoms with E-state index < -0.39 is 32.3 Å². The van der Waals surface area contributed by atoms with Crippen molar-refractivity contribution in [2.75, 3.05) is 37.1 Å². The highest BCUT2D eigenvalue weighted by Crippen LogP contribution is 2.42. The summed E-state index contributed by atoms with van der Waals surface area (Å²) >= 11 is 6.81. The first-order chi connectivity index (χ1) is 24.7. The lowest BCUT2D eigenvalue weighted by Gasteiger charge is -2.39. The average Bonchev–Trinajstić information content (AvgIpc) is 3.79. The molecule has 5 atom stereocenters. The summed E-state index contributed by atoms with van der Waals surface area (Å²) in [5, 5.41) is 3.79. The van der Waals surface area contributed by atoms with Gasteiger partial charge < -0.3 is 28.7 Å². The molecule has 2 aliphatic heterocycles. The SMILES string of the molecule is CC(C)(C)[Si](C)(C)O[C@@H]1CO[C@H]2[C@@H]1OC[C@H]2Oc1nc2cc(Cl)c(N[C@H]3CCc4cc(/C=C/CS(C)(=O)=O)cc(F)c43)nc2n1COCC[Si](C)(C)C. The molecule has 3 aromatic rings. The molecule has 1 aliphatic carbocycles. The molecule has 2 fully saturated rings. The van der Waals surface area contributed by atoms with Crippen molar-refractivity contribution in [3.8, 4) is 6.01 Å². The third kappa shape index (κ3) is 9.37. The number of nitrogens with zero attached hydrogens (tertiary/aromatic N) is 3. The van der Waals surface area contributed by atoms with Crippen LogP contribution in [0.2, 0.25) is 48.8 Å². The number of benzene rings is 1. The van der Waals surface area contributed by atoms with E-state index in [0.29, 0.717) is 71.8 Å². The molecular weight excluding hydrogens is 755 g/mol. The molecule has 1 N–H and O–H groups in total. The Bertz CT molecular complexity index is 1960. The zero-order chi connectivity index (χ0) is 38.5. The maximum absolute atomic E-state index is 15.6. The summed E-state index contributed by atoms with van der Waals surface area (Å²) in [4.78, 5) is 9.74. The van der Waals surface area contributed by atoms with Crippen molar-refractivity contribution in [1.82, 2.24) is 14.5 Å². The molecule has 16 heteroatoms. The van der Waals surface area contributed by atoms with Gasteiger partial charge in [-0.3, -0.25) is 4.57 Å². The van der Waals surface area contributed by atoms with Crippen LogP contribution in [0.5, 0.6) is 6.01 Å². The highest BCUT2D eigenvalue weighted by atomic mass is 35.5. The van der Waals surface area contributed by atoms with E-state index in [-0.39, 0.29) is 47.7 Å². The molecule has 0 amide bonds. The van der Waals surface area contributed by atoms with E-state index in [1.165, 1.54) is 18.4 Å². The van der Waals surface area contributed by atoms with Crippen LogP contribution in [0.3, 0.4) is 0 Å². The number of fused-ring (bicyclic) bond motifs is 3. The number of sulfone groups is 1. The molecule has 0 radical (unpaired) electrons. The second-order valence-electron chi connectivity index (χ2n) is 17.3. The van der Waals surface area contributed by atoms with Crippen LogP contribution in [0.1, 0.15) is 49.9 Å². The summed E-state index contributed by atoms with van der Waals surface area (Å²) < 4.78 is 72.4. The van der Waals surface area contributed by atoms with Gasteiger partial charge in [0.25, 0.3) is 0 Å². The maximum Gasteiger partial charge on any atom is 0.301 e. The van der Waals surface area contributed by atoms with Gasteiger partial charge in [0.2, 0.25) is 0 Å². The van der Waals surface area contributed by atoms with E-state index in [9.17, 15) is 8.42 Å². The van der Waals surface area contributed by atoms with E-state index in [2.05, 4.69) is 58.8 Å². The van der Waals surface area contributed by atoms with E-state index in [0.717, 1.165) is 11.6 Å². The number of anilines is 1. The summed E-state index contributed by atoms with van der Waals surface area (Å²) in [5.41, 5.74) is 3.09. The third-order valence-corrected chi connectivity index (χ3v) is 17.9. The first-order valence-electron chi connectivity index (χ1n) is 18.3. The predicted molar refractivity (Wildman–Crippen MR) is 212 cm³/mol. The van der Waals surface area contributed by atoms with Gasteiger partial charge in [0.15, 0.2) is 29.9 Å². The van der Waals surface area contributed by atoms with Gasteiger partial charge in [-0.05, 0) is 60.3 Å². The number of nitrogens with one attached hydrogen (secondary N) is 1. The smallest absolute Gasteiger partial charge is 0.301 e. The lowest BCUT2D eigenvalue weighted by molar-refractivity contribution is 0.00687. The second kappa shape index (κ2) is 15.3. The number of halogens is 2. The van der Waals surface area contributed by atoms with E-state index in [1.54, 1.807) is 12.1 Å². The number of aromatic nitrogens is 3. The minimum Gasteiger partial charge on any atom is -0.456 e. The van der Waals surface area contributed by atoms with Crippen LogP contribution in [0, 0.1) is 5.82 Å². The van der Waals surface area contributed by atoms with Crippen molar-refractivity contribution in [1.29, 1.82) is 0 Å². The molecule has 0 saturated carbocycles. The van der Waals surface area contributed by atoms with Gasteiger partial charge >= 0.3 is 6.01 Å². The molecule has 0 bridgehead atoms. The minimum absolute atomic E-state index is 0.0568. The predicted octanol–water partition coefficient (Wildman–Crippen LogP) is 7.63. The quantitative estimate of drug-likeness (QED) is 0.129. The monoisotopic (exact) mass is 808 g/mol. The van der Waals surface area contributed by atoms with Crippen molar-refractivity contribution in [3.05, 3.63) is 51.8 Å². The molecule has 53 heavy (non-hydrogen) atoms. The number of hydrogen-bond acceptors (Lipinski definition) is 10. The molecule has 4 heterocycles. The van der Waals surface area contributed by atoms with E-state index in [4.69, 9.17) is 44.9 Å². The summed E-state index contributed by atoms with van der Waals surface area (Å²) in [5.74, 6) is -0.0727. The van der Waals surface area contributed by atoms with Crippen LogP contribution in [-0.4, -0.2) is 95.6 Å². The number of rotatable bonds is 14. The van der Waals surface area contributed by atoms with Gasteiger partial charge in [0.1, 0.15) is 36.1 Å². The zero-order valence-corrected chi connectivity index (χ0v) is 35.9. The molecule has 0 unspecified atom stereocenters. The standard InChI is InChI=1S/C37H54ClFN4O7SSi2/c1-37(2,3)53(8,9)50-30-21-48-32-29(20-47-33(30)32)49-36-41-28-19-25(38)34(42-35(28)43(36)22-46-14-16-52(5,6)7)40-27-13-12-24-17-23(18-26(39)31(24)27)11-10-15-51(4,44)45/h10-11,17-19,27,29-30,32-33H,12-16,20-22H2,1-9H3,(H,40,42)/b11-10+/t27-,29+,30+,32+,33+/m0/s1. The van der Waals surface area contributed by atoms with Crippen molar-refractivity contribution in [3.63, 3.8) is 0 Å². The van der Waals surface area contributed by atoms with E-state index >= 15 is 4.39 Å². The lowest BCUT2D eigenvalue weighted by atomic mass is 10.0. The van der Waals surface area contributed by atoms with Crippen molar-refractivity contribution in [2.45, 2.75) is 115 Å². The Kier molecular flexibility index (Phi) is 11.6. The van der Waals surface area contributed by atoms with Crippen molar-refractivity contribution >= 4 is 60.9 Å². The van der Waals surface area contributed by atoms with Crippen molar-refractivity contribution in [2.24, 2.45) is 0 Å². The topological polar surface area (TPSA) is 123 Å². The Morgan fingerprint density at radius 2 is 1.77 bits per heavy atom. The summed E-state index contributed by atoms with van der Waals surface area (Å²) in [6.07, 6.45) is 4.50. The molecule has 11 nitrogen and oxygen atoms in total. The van der Waals surface area contributed by atoms with Crippen LogP contribution in [0.15, 0.2) is 24.3 Å². The summed E-state index contributed by atoms with van der Waals surface area (Å²) in [6.45, 7) is 19.6. The summed E-state index contributed by atoms with van der Waals surface area (Å²) in [6, 6.07) is 6.03. The molecule has 0 spiro atoms. The van der Waals surface area contributed by atoms with Gasteiger partial charge in [0.05, 0.1) is 36.1 Å². The fraction of sp³-hybridized carbons (Fsp3) is 0.622. The average molecular weight is 810 g/mol. The number of pyridine rings is 1. The second-order valence-corrected chi connectivity index (χ2v) is 30.3. The maximum atomic E-state index is 15.6. The van der Waals surface area contributed by atoms with Gasteiger partial charge in [0, 0.05) is 26.5 Å². The number of ether oxygens (including phenoxy) is 4. The van der Waals surface area contributed by atoms with Crippen LogP contribution in [0.4, 0.5) is 10.2 Å². The van der Waals surface area contributed by atoms with Gasteiger partial charge in [-0.25, -0.2) is 17.8 Å². The molecule has 1 aromatic carbocycles. The molecule has 3 aliphatic rings. The molecule has 2 aromatic heterocycles. The Morgan fingerprint density at radius 1 is 1.08 bits per heavy atom. The Labute approximate surface area is 320 Å². The zero-order valence-electron chi connectivity index (χ0n) is 32.3. The first kappa shape index (κ1) is 40.3. The highest BCUT2D eigenvalue weighted by molar-refractivity contribution is 7.90. The summed E-state index contributed by atoms with van der Waals surface area (Å²) in [7, 11) is -6.55. The van der Waals surface area contributed by atoms with Crippen LogP contribution in [-0.2, 0) is 41.6 Å². The number of hydrogen-bond donors (Lipinski definition) is 1. The highest BCUT2D eigenvalue weighted by Gasteiger charge is 2.52. The van der Waals surface area contributed by atoms with Crippen LogP contribution in [0.25, 0.3) is 17.2 Å². The van der Waals surface area contributed by atoms with Crippen LogP contribution >= 0.6 is 11.6 Å². The Hall–Kier alpha value is -2.38. The molecule has 6 rings (SSSR count). The minimum atomic E-state index is -3.16. The molecular formula is C37H54ClFN4O7SSi2. The largest absolute Gasteiger partial charge is 0.456 e. The fourth-order valence-electron chi connectivity index (χ4n) is 6.67. The number of imidazole rings is 1. The van der Waals surface area contributed by atoms with Gasteiger partial charge in [-0.1, -0.05) is 70.2 Å². The van der Waals surface area contributed by atoms with Crippen LogP contribution < -0.4 is 10.1 Å². The third-order valence-electron chi connectivity index (χ3n) is 10.6. The van der Waals surface area contributed by atoms with E-state index in [1.807, 2.05) is 10.6 Å². The fourth-order valence-corrected chi connectivity index (χ4v) is 9.39. The first-order valence-corrected chi connectivity index (χ1v) is 27.4.